The van der Waals surface area contributed by atoms with E-state index in [-0.39, 0.29) is 0 Å². The van der Waals surface area contributed by atoms with Gasteiger partial charge in [0.15, 0.2) is 11.6 Å². The van der Waals surface area contributed by atoms with Gasteiger partial charge in [-0.2, -0.15) is 0 Å². The summed E-state index contributed by atoms with van der Waals surface area (Å²) in [5.74, 6) is 0.401. The average Bonchev–Trinajstić information content (AvgIpc) is 2.77. The molecule has 3 rings (SSSR count). The van der Waals surface area contributed by atoms with Gasteiger partial charge in [-0.05, 0) is 40.7 Å². The molecule has 0 unspecified atom stereocenters. The van der Waals surface area contributed by atoms with Gasteiger partial charge in [0.25, 0.3) is 0 Å². The lowest BCUT2D eigenvalue weighted by molar-refractivity contribution is 0.00578. The van der Waals surface area contributed by atoms with E-state index in [9.17, 15) is 0 Å². The number of halogens is 1. The van der Waals surface area contributed by atoms with Gasteiger partial charge in [0, 0.05) is 5.46 Å². The summed E-state index contributed by atoms with van der Waals surface area (Å²) in [6.45, 7) is 10.1. The first-order valence-corrected chi connectivity index (χ1v) is 8.34. The maximum atomic E-state index is 15.1. The lowest BCUT2D eigenvalue weighted by Crippen LogP contribution is -2.41. The van der Waals surface area contributed by atoms with Gasteiger partial charge in [-0.3, -0.25) is 0 Å². The van der Waals surface area contributed by atoms with Gasteiger partial charge in [0.1, 0.15) is 5.82 Å². The lowest BCUT2D eigenvalue weighted by atomic mass is 9.77. The monoisotopic (exact) mass is 344 g/mol. The van der Waals surface area contributed by atoms with Gasteiger partial charge < -0.3 is 14.0 Å². The normalized spacial score (nSPS) is 18.4. The first-order valence-electron chi connectivity index (χ1n) is 8.34. The van der Waals surface area contributed by atoms with Crippen molar-refractivity contribution < 1.29 is 18.4 Å². The molecule has 1 aromatic carbocycles. The van der Waals surface area contributed by atoms with Gasteiger partial charge in [-0.15, -0.1) is 0 Å². The molecule has 0 saturated carbocycles. The minimum absolute atomic E-state index is 0.291. The Morgan fingerprint density at radius 2 is 1.68 bits per heavy atom. The highest BCUT2D eigenvalue weighted by molar-refractivity contribution is 6.62. The molecule has 0 spiro atoms. The zero-order chi connectivity index (χ0) is 18.2. The summed E-state index contributed by atoms with van der Waals surface area (Å²) in [7, 11) is -0.771. The van der Waals surface area contributed by atoms with Crippen LogP contribution >= 0.6 is 0 Å². The van der Waals surface area contributed by atoms with Gasteiger partial charge in [0.05, 0.1) is 35.8 Å². The van der Waals surface area contributed by atoms with Crippen LogP contribution in [0, 0.1) is 5.82 Å². The molecule has 1 aliphatic heterocycles. The standard InChI is InChI=1S/C18H22BFN2O3/c1-6-23-12-10-21-16(22-11-12)13-8-7-9-14(15(13)20)19-24-17(2,3)18(4,5)25-19/h7-11H,6H2,1-5H3. The Hall–Kier alpha value is -1.99. The average molecular weight is 344 g/mol. The molecule has 1 aromatic heterocycles. The second kappa shape index (κ2) is 6.39. The van der Waals surface area contributed by atoms with Crippen molar-refractivity contribution in [3.8, 4) is 17.1 Å². The molecule has 132 valence electrons. The first-order chi connectivity index (χ1) is 11.7. The van der Waals surface area contributed by atoms with Crippen LogP contribution in [0.15, 0.2) is 30.6 Å². The smallest absolute Gasteiger partial charge is 0.491 e. The van der Waals surface area contributed by atoms with E-state index in [2.05, 4.69) is 9.97 Å². The third-order valence-corrected chi connectivity index (χ3v) is 4.72. The van der Waals surface area contributed by atoms with E-state index in [4.69, 9.17) is 14.0 Å². The third-order valence-electron chi connectivity index (χ3n) is 4.72. The molecule has 25 heavy (non-hydrogen) atoms. The number of hydrogen-bond acceptors (Lipinski definition) is 5. The molecule has 0 bridgehead atoms. The zero-order valence-corrected chi connectivity index (χ0v) is 15.2. The molecule has 1 fully saturated rings. The van der Waals surface area contributed by atoms with Crippen molar-refractivity contribution in [1.29, 1.82) is 0 Å². The Labute approximate surface area is 147 Å². The summed E-state index contributed by atoms with van der Waals surface area (Å²) in [5, 5.41) is 0. The van der Waals surface area contributed by atoms with Gasteiger partial charge in [0.2, 0.25) is 0 Å². The molecule has 0 N–H and O–H groups in total. The third kappa shape index (κ3) is 3.26. The van der Waals surface area contributed by atoms with Crippen LogP contribution in [0.2, 0.25) is 0 Å². The minimum Gasteiger partial charge on any atom is -0.491 e. The van der Waals surface area contributed by atoms with Gasteiger partial charge >= 0.3 is 7.12 Å². The fourth-order valence-corrected chi connectivity index (χ4v) is 2.57. The van der Waals surface area contributed by atoms with E-state index in [0.29, 0.717) is 29.2 Å². The first kappa shape index (κ1) is 17.8. The summed E-state index contributed by atoms with van der Waals surface area (Å²) >= 11 is 0. The van der Waals surface area contributed by atoms with Crippen molar-refractivity contribution in [1.82, 2.24) is 9.97 Å². The fraction of sp³-hybridized carbons (Fsp3) is 0.444. The van der Waals surface area contributed by atoms with Crippen LogP contribution in [-0.4, -0.2) is 34.9 Å². The predicted octanol–water partition coefficient (Wildman–Crippen LogP) is 2.98. The van der Waals surface area contributed by atoms with Crippen molar-refractivity contribution >= 4 is 12.6 Å². The Bertz CT molecular complexity index is 749. The van der Waals surface area contributed by atoms with Crippen LogP contribution in [0.5, 0.6) is 5.75 Å². The Morgan fingerprint density at radius 1 is 1.08 bits per heavy atom. The highest BCUT2D eigenvalue weighted by atomic mass is 19.1. The maximum Gasteiger partial charge on any atom is 0.497 e. The highest BCUT2D eigenvalue weighted by Crippen LogP contribution is 2.37. The van der Waals surface area contributed by atoms with Crippen LogP contribution < -0.4 is 10.2 Å². The summed E-state index contributed by atoms with van der Waals surface area (Å²) in [5.41, 5.74) is -0.421. The molecule has 7 heteroatoms. The number of nitrogens with zero attached hydrogens (tertiary/aromatic N) is 2. The molecule has 0 aliphatic carbocycles. The van der Waals surface area contributed by atoms with Gasteiger partial charge in [-0.1, -0.05) is 12.1 Å². The topological polar surface area (TPSA) is 53.5 Å². The molecule has 2 heterocycles. The number of ether oxygens (including phenoxy) is 1. The van der Waals surface area contributed by atoms with E-state index < -0.39 is 24.1 Å². The van der Waals surface area contributed by atoms with E-state index in [1.165, 1.54) is 12.4 Å². The second-order valence-electron chi connectivity index (χ2n) is 6.97. The molecular formula is C18H22BFN2O3. The van der Waals surface area contributed by atoms with Crippen LogP contribution in [0.1, 0.15) is 34.6 Å². The Morgan fingerprint density at radius 3 is 2.24 bits per heavy atom. The fourth-order valence-electron chi connectivity index (χ4n) is 2.57. The maximum absolute atomic E-state index is 15.1. The quantitative estimate of drug-likeness (QED) is 0.798. The van der Waals surface area contributed by atoms with Crippen LogP contribution in [0.3, 0.4) is 0 Å². The van der Waals surface area contributed by atoms with Crippen LogP contribution in [0.25, 0.3) is 11.4 Å². The van der Waals surface area contributed by atoms with Crippen LogP contribution in [0.4, 0.5) is 4.39 Å². The Kier molecular flexibility index (Phi) is 4.55. The number of hydrogen-bond donors (Lipinski definition) is 0. The lowest BCUT2D eigenvalue weighted by Gasteiger charge is -2.32. The number of rotatable bonds is 4. The molecule has 0 atom stereocenters. The highest BCUT2D eigenvalue weighted by Gasteiger charge is 2.52. The predicted molar refractivity (Wildman–Crippen MR) is 94.3 cm³/mol. The molecule has 5 nitrogen and oxygen atoms in total. The van der Waals surface area contributed by atoms with E-state index in [0.717, 1.165) is 0 Å². The van der Waals surface area contributed by atoms with Crippen molar-refractivity contribution in [2.45, 2.75) is 45.8 Å². The Balaban J connectivity index is 1.93. The molecule has 2 aromatic rings. The summed E-state index contributed by atoms with van der Waals surface area (Å²) < 4.78 is 32.3. The van der Waals surface area contributed by atoms with Crippen molar-refractivity contribution in [2.24, 2.45) is 0 Å². The van der Waals surface area contributed by atoms with Crippen molar-refractivity contribution in [3.63, 3.8) is 0 Å². The largest absolute Gasteiger partial charge is 0.497 e. The molecule has 0 radical (unpaired) electrons. The molecular weight excluding hydrogens is 322 g/mol. The second-order valence-corrected chi connectivity index (χ2v) is 6.97. The van der Waals surface area contributed by atoms with Crippen molar-refractivity contribution in [2.75, 3.05) is 6.61 Å². The molecule has 1 saturated heterocycles. The number of benzene rings is 1. The SMILES string of the molecule is CCOc1cnc(-c2cccc(B3OC(C)(C)C(C)(C)O3)c2F)nc1. The summed E-state index contributed by atoms with van der Waals surface area (Å²) in [4.78, 5) is 8.39. The minimum atomic E-state index is -0.771. The zero-order valence-electron chi connectivity index (χ0n) is 15.2. The van der Waals surface area contributed by atoms with E-state index >= 15 is 4.39 Å². The van der Waals surface area contributed by atoms with Gasteiger partial charge in [-0.25, -0.2) is 14.4 Å². The van der Waals surface area contributed by atoms with Crippen LogP contribution in [-0.2, 0) is 9.31 Å². The van der Waals surface area contributed by atoms with E-state index in [1.54, 1.807) is 18.2 Å². The summed E-state index contributed by atoms with van der Waals surface area (Å²) in [6, 6.07) is 5.05. The molecule has 1 aliphatic rings. The van der Waals surface area contributed by atoms with E-state index in [1.807, 2.05) is 34.6 Å². The summed E-state index contributed by atoms with van der Waals surface area (Å²) in [6.07, 6.45) is 3.07. The van der Waals surface area contributed by atoms with Crippen molar-refractivity contribution in [3.05, 3.63) is 36.4 Å². The molecule has 0 amide bonds. The number of aromatic nitrogens is 2.